The molecule has 1 N–H and O–H groups in total. The first-order chi connectivity index (χ1) is 12.9. The third-order valence-electron chi connectivity index (χ3n) is 3.87. The van der Waals surface area contributed by atoms with Crippen LogP contribution in [0.3, 0.4) is 0 Å². The van der Waals surface area contributed by atoms with Gasteiger partial charge in [0.2, 0.25) is 11.7 Å². The lowest BCUT2D eigenvalue weighted by molar-refractivity contribution is -0.147. The molecule has 2 aromatic carbocycles. The van der Waals surface area contributed by atoms with E-state index >= 15 is 0 Å². The van der Waals surface area contributed by atoms with E-state index in [1.165, 1.54) is 12.1 Å². The second-order valence-electron chi connectivity index (χ2n) is 5.87. The Labute approximate surface area is 158 Å². The van der Waals surface area contributed by atoms with Gasteiger partial charge in [0.05, 0.1) is 11.0 Å². The zero-order chi connectivity index (χ0) is 19.3. The highest BCUT2D eigenvalue weighted by atomic mass is 32.2. The van der Waals surface area contributed by atoms with Gasteiger partial charge in [0.1, 0.15) is 6.54 Å². The standard InChI is InChI=1S/C19H18F3N3OS/c20-19(21,22)18-24-15-9-4-5-10-16(15)25(18)13-17(26)23-11-6-12-27-14-7-2-1-3-8-14/h1-5,7-10H,6,11-13H2,(H,23,26). The molecule has 3 aromatic rings. The van der Waals surface area contributed by atoms with Crippen LogP contribution in [0.25, 0.3) is 11.0 Å². The van der Waals surface area contributed by atoms with Gasteiger partial charge in [-0.1, -0.05) is 30.3 Å². The highest BCUT2D eigenvalue weighted by Gasteiger charge is 2.37. The Morgan fingerprint density at radius 2 is 1.78 bits per heavy atom. The van der Waals surface area contributed by atoms with Crippen molar-refractivity contribution in [2.24, 2.45) is 0 Å². The molecule has 0 aliphatic carbocycles. The number of thioether (sulfide) groups is 1. The monoisotopic (exact) mass is 393 g/mol. The number of carbonyl (C=O) groups is 1. The zero-order valence-corrected chi connectivity index (χ0v) is 15.2. The van der Waals surface area contributed by atoms with Crippen molar-refractivity contribution in [2.75, 3.05) is 12.3 Å². The van der Waals surface area contributed by atoms with Gasteiger partial charge in [0.15, 0.2) is 0 Å². The number of para-hydroxylation sites is 2. The van der Waals surface area contributed by atoms with Gasteiger partial charge in [0.25, 0.3) is 0 Å². The summed E-state index contributed by atoms with van der Waals surface area (Å²) in [6, 6.07) is 16.1. The Kier molecular flexibility index (Phi) is 6.05. The third kappa shape index (κ3) is 5.03. The van der Waals surface area contributed by atoms with Crippen LogP contribution >= 0.6 is 11.8 Å². The minimum atomic E-state index is -4.62. The van der Waals surface area contributed by atoms with Crippen molar-refractivity contribution in [2.45, 2.75) is 24.0 Å². The molecule has 8 heteroatoms. The number of carbonyl (C=O) groups excluding carboxylic acids is 1. The molecule has 4 nitrogen and oxygen atoms in total. The average Bonchev–Trinajstić information content (AvgIpc) is 3.01. The Morgan fingerprint density at radius 1 is 1.07 bits per heavy atom. The molecule has 0 bridgehead atoms. The quantitative estimate of drug-likeness (QED) is 0.479. The number of alkyl halides is 3. The molecule has 0 aliphatic heterocycles. The maximum atomic E-state index is 13.2. The van der Waals surface area contributed by atoms with Crippen LogP contribution in [0.5, 0.6) is 0 Å². The summed E-state index contributed by atoms with van der Waals surface area (Å²) in [7, 11) is 0. The third-order valence-corrected chi connectivity index (χ3v) is 4.96. The minimum Gasteiger partial charge on any atom is -0.355 e. The van der Waals surface area contributed by atoms with Gasteiger partial charge in [-0.2, -0.15) is 13.2 Å². The maximum Gasteiger partial charge on any atom is 0.449 e. The van der Waals surface area contributed by atoms with Crippen LogP contribution in [0.15, 0.2) is 59.5 Å². The molecular formula is C19H18F3N3OS. The molecule has 142 valence electrons. The molecule has 0 radical (unpaired) electrons. The number of rotatable bonds is 7. The van der Waals surface area contributed by atoms with Crippen molar-refractivity contribution in [1.82, 2.24) is 14.9 Å². The summed E-state index contributed by atoms with van der Waals surface area (Å²) >= 11 is 1.67. The van der Waals surface area contributed by atoms with E-state index in [2.05, 4.69) is 10.3 Å². The summed E-state index contributed by atoms with van der Waals surface area (Å²) in [5, 5.41) is 2.68. The van der Waals surface area contributed by atoms with E-state index in [0.717, 1.165) is 21.6 Å². The lowest BCUT2D eigenvalue weighted by Gasteiger charge is -2.11. The summed E-state index contributed by atoms with van der Waals surface area (Å²) in [4.78, 5) is 16.9. The normalized spacial score (nSPS) is 11.7. The van der Waals surface area contributed by atoms with Crippen molar-refractivity contribution in [3.8, 4) is 0 Å². The van der Waals surface area contributed by atoms with E-state index in [0.29, 0.717) is 12.1 Å². The summed E-state index contributed by atoms with van der Waals surface area (Å²) in [5.74, 6) is -0.710. The fraction of sp³-hybridized carbons (Fsp3) is 0.263. The number of nitrogens with zero attached hydrogens (tertiary/aromatic N) is 2. The molecule has 0 saturated heterocycles. The van der Waals surface area contributed by atoms with E-state index in [-0.39, 0.29) is 5.52 Å². The maximum absolute atomic E-state index is 13.2. The second kappa shape index (κ2) is 8.47. The predicted molar refractivity (Wildman–Crippen MR) is 99.5 cm³/mol. The van der Waals surface area contributed by atoms with E-state index in [1.54, 1.807) is 23.9 Å². The number of fused-ring (bicyclic) bond motifs is 1. The van der Waals surface area contributed by atoms with E-state index in [1.807, 2.05) is 30.3 Å². The number of hydrogen-bond donors (Lipinski definition) is 1. The van der Waals surface area contributed by atoms with Gasteiger partial charge >= 0.3 is 6.18 Å². The average molecular weight is 393 g/mol. The van der Waals surface area contributed by atoms with Crippen LogP contribution in [0.2, 0.25) is 0 Å². The first kappa shape index (κ1) is 19.3. The highest BCUT2D eigenvalue weighted by Crippen LogP contribution is 2.31. The van der Waals surface area contributed by atoms with E-state index in [9.17, 15) is 18.0 Å². The molecular weight excluding hydrogens is 375 g/mol. The van der Waals surface area contributed by atoms with Gasteiger partial charge in [-0.15, -0.1) is 11.8 Å². The van der Waals surface area contributed by atoms with Crippen molar-refractivity contribution in [1.29, 1.82) is 0 Å². The van der Waals surface area contributed by atoms with Crippen molar-refractivity contribution < 1.29 is 18.0 Å². The number of nitrogens with one attached hydrogen (secondary N) is 1. The van der Waals surface area contributed by atoms with Gasteiger partial charge in [-0.05, 0) is 36.4 Å². The molecule has 27 heavy (non-hydrogen) atoms. The first-order valence-corrected chi connectivity index (χ1v) is 9.41. The topological polar surface area (TPSA) is 46.9 Å². The van der Waals surface area contributed by atoms with Crippen LogP contribution in [-0.4, -0.2) is 27.8 Å². The van der Waals surface area contributed by atoms with Crippen LogP contribution < -0.4 is 5.32 Å². The fourth-order valence-corrected chi connectivity index (χ4v) is 3.53. The first-order valence-electron chi connectivity index (χ1n) is 8.42. The molecule has 0 atom stereocenters. The number of amides is 1. The van der Waals surface area contributed by atoms with Gasteiger partial charge in [-0.3, -0.25) is 4.79 Å². The van der Waals surface area contributed by atoms with Gasteiger partial charge in [-0.25, -0.2) is 4.98 Å². The summed E-state index contributed by atoms with van der Waals surface area (Å²) in [6.07, 6.45) is -3.90. The molecule has 3 rings (SSSR count). The Bertz CT molecular complexity index is 909. The lowest BCUT2D eigenvalue weighted by atomic mass is 10.3. The molecule has 0 aliphatic rings. The Hall–Kier alpha value is -2.48. The molecule has 0 unspecified atom stereocenters. The van der Waals surface area contributed by atoms with Gasteiger partial charge in [0, 0.05) is 11.4 Å². The van der Waals surface area contributed by atoms with Crippen molar-refractivity contribution in [3.05, 3.63) is 60.4 Å². The molecule has 1 aromatic heterocycles. The Morgan fingerprint density at radius 3 is 2.52 bits per heavy atom. The number of aromatic nitrogens is 2. The second-order valence-corrected chi connectivity index (χ2v) is 7.04. The van der Waals surface area contributed by atoms with Crippen LogP contribution in [0.1, 0.15) is 12.2 Å². The smallest absolute Gasteiger partial charge is 0.355 e. The van der Waals surface area contributed by atoms with Gasteiger partial charge < -0.3 is 9.88 Å². The molecule has 0 fully saturated rings. The Balaban J connectivity index is 1.56. The molecule has 1 amide bonds. The summed E-state index contributed by atoms with van der Waals surface area (Å²) in [5.41, 5.74) is 0.511. The molecule has 1 heterocycles. The number of benzene rings is 2. The summed E-state index contributed by atoms with van der Waals surface area (Å²) < 4.78 is 40.6. The van der Waals surface area contributed by atoms with Crippen LogP contribution in [0, 0.1) is 0 Å². The van der Waals surface area contributed by atoms with Crippen LogP contribution in [-0.2, 0) is 17.5 Å². The minimum absolute atomic E-state index is 0.219. The molecule has 0 saturated carbocycles. The lowest BCUT2D eigenvalue weighted by Crippen LogP contribution is -2.30. The van der Waals surface area contributed by atoms with Crippen molar-refractivity contribution in [3.63, 3.8) is 0 Å². The fourth-order valence-electron chi connectivity index (χ4n) is 2.66. The predicted octanol–water partition coefficient (Wildman–Crippen LogP) is 4.35. The van der Waals surface area contributed by atoms with Crippen LogP contribution in [0.4, 0.5) is 13.2 Å². The SMILES string of the molecule is O=C(Cn1c(C(F)(F)F)nc2ccccc21)NCCCSc1ccccc1. The summed E-state index contributed by atoms with van der Waals surface area (Å²) in [6.45, 7) is -0.00612. The van der Waals surface area contributed by atoms with E-state index in [4.69, 9.17) is 0 Å². The number of halogens is 3. The zero-order valence-electron chi connectivity index (χ0n) is 14.4. The number of hydrogen-bond acceptors (Lipinski definition) is 3. The van der Waals surface area contributed by atoms with E-state index < -0.39 is 24.5 Å². The largest absolute Gasteiger partial charge is 0.449 e. The van der Waals surface area contributed by atoms with Crippen molar-refractivity contribution >= 4 is 28.7 Å². The number of imidazole rings is 1. The highest BCUT2D eigenvalue weighted by molar-refractivity contribution is 7.99. The molecule has 0 spiro atoms.